The fourth-order valence-electron chi connectivity index (χ4n) is 1.16. The fourth-order valence-corrected chi connectivity index (χ4v) is 3.08. The zero-order valence-electron chi connectivity index (χ0n) is 8.41. The normalized spacial score (nSPS) is 10.2. The number of nitrogen functional groups attached to an aromatic ring is 1. The zero-order chi connectivity index (χ0) is 12.4. The number of carbonyl (C=O) groups is 1. The Kier molecular flexibility index (Phi) is 3.80. The lowest BCUT2D eigenvalue weighted by Crippen LogP contribution is -2.12. The third-order valence-electron chi connectivity index (χ3n) is 1.92. The van der Waals surface area contributed by atoms with Crippen LogP contribution in [-0.4, -0.2) is 10.9 Å². The molecule has 0 spiro atoms. The van der Waals surface area contributed by atoms with Crippen LogP contribution in [0.5, 0.6) is 0 Å². The molecule has 0 radical (unpaired) electrons. The van der Waals surface area contributed by atoms with Crippen molar-refractivity contribution >= 4 is 60.6 Å². The molecular formula is C10H7Br2N3OS. The number of halogens is 2. The van der Waals surface area contributed by atoms with E-state index in [4.69, 9.17) is 5.73 Å². The summed E-state index contributed by atoms with van der Waals surface area (Å²) in [6.45, 7) is 0. The van der Waals surface area contributed by atoms with Crippen LogP contribution in [0.3, 0.4) is 0 Å². The molecule has 2 aromatic rings. The third kappa shape index (κ3) is 2.85. The minimum absolute atomic E-state index is 0.204. The highest BCUT2D eigenvalue weighted by atomic mass is 79.9. The number of hydrogen-bond donors (Lipinski definition) is 2. The molecule has 2 heterocycles. The van der Waals surface area contributed by atoms with Crippen molar-refractivity contribution in [3.05, 3.63) is 37.5 Å². The number of carbonyl (C=O) groups excluding carboxylic acids is 1. The van der Waals surface area contributed by atoms with E-state index in [1.54, 1.807) is 6.07 Å². The maximum atomic E-state index is 11.9. The van der Waals surface area contributed by atoms with Gasteiger partial charge in [-0.3, -0.25) is 4.79 Å². The topological polar surface area (TPSA) is 68.0 Å². The summed E-state index contributed by atoms with van der Waals surface area (Å²) in [6.07, 6.45) is 1.49. The summed E-state index contributed by atoms with van der Waals surface area (Å²) in [5.41, 5.74) is 6.10. The lowest BCUT2D eigenvalue weighted by Gasteiger charge is -2.06. The lowest BCUT2D eigenvalue weighted by molar-refractivity contribution is 0.102. The molecule has 0 aliphatic heterocycles. The number of nitrogens with zero attached hydrogens (tertiary/aromatic N) is 1. The van der Waals surface area contributed by atoms with Gasteiger partial charge >= 0.3 is 0 Å². The van der Waals surface area contributed by atoms with Gasteiger partial charge in [-0.1, -0.05) is 0 Å². The second-order valence-electron chi connectivity index (χ2n) is 3.15. The quantitative estimate of drug-likeness (QED) is 0.842. The van der Waals surface area contributed by atoms with Gasteiger partial charge in [0.1, 0.15) is 10.7 Å². The number of nitrogens with one attached hydrogen (secondary N) is 1. The average molecular weight is 377 g/mol. The summed E-state index contributed by atoms with van der Waals surface area (Å²) < 4.78 is 1.42. The number of hydrogen-bond acceptors (Lipinski definition) is 4. The van der Waals surface area contributed by atoms with E-state index in [-0.39, 0.29) is 5.91 Å². The Hall–Kier alpha value is -0.920. The van der Waals surface area contributed by atoms with E-state index in [1.165, 1.54) is 17.5 Å². The van der Waals surface area contributed by atoms with Crippen molar-refractivity contribution in [3.8, 4) is 0 Å². The van der Waals surface area contributed by atoms with Crippen LogP contribution in [0.4, 0.5) is 11.5 Å². The van der Waals surface area contributed by atoms with Gasteiger partial charge < -0.3 is 11.1 Å². The highest BCUT2D eigenvalue weighted by molar-refractivity contribution is 9.11. The van der Waals surface area contributed by atoms with E-state index < -0.39 is 0 Å². The highest BCUT2D eigenvalue weighted by Crippen LogP contribution is 2.26. The summed E-state index contributed by atoms with van der Waals surface area (Å²) in [6, 6.07) is 3.51. The summed E-state index contributed by atoms with van der Waals surface area (Å²) in [5.74, 6) is 0.245. The minimum Gasteiger partial charge on any atom is -0.397 e. The van der Waals surface area contributed by atoms with Gasteiger partial charge in [0.25, 0.3) is 5.91 Å². The van der Waals surface area contributed by atoms with Crippen molar-refractivity contribution < 1.29 is 4.79 Å². The number of pyridine rings is 1. The Morgan fingerprint density at radius 1 is 1.41 bits per heavy atom. The van der Waals surface area contributed by atoms with E-state index in [0.717, 1.165) is 4.47 Å². The first-order chi connectivity index (χ1) is 8.08. The van der Waals surface area contributed by atoms with Crippen LogP contribution in [0.15, 0.2) is 32.7 Å². The van der Waals surface area contributed by atoms with E-state index in [1.807, 2.05) is 11.4 Å². The second-order valence-corrected chi connectivity index (χ2v) is 5.78. The number of nitrogens with two attached hydrogens (primary N) is 1. The molecule has 7 heteroatoms. The maximum absolute atomic E-state index is 11.9. The monoisotopic (exact) mass is 375 g/mol. The molecule has 0 aromatic carbocycles. The van der Waals surface area contributed by atoms with Crippen molar-refractivity contribution in [1.82, 2.24) is 4.98 Å². The molecular weight excluding hydrogens is 370 g/mol. The Bertz CT molecular complexity index is 570. The molecule has 3 N–H and O–H groups in total. The molecule has 0 bridgehead atoms. The van der Waals surface area contributed by atoms with Crippen LogP contribution in [0.25, 0.3) is 0 Å². The van der Waals surface area contributed by atoms with Crippen LogP contribution < -0.4 is 11.1 Å². The molecule has 0 aliphatic carbocycles. The number of anilines is 2. The van der Waals surface area contributed by atoms with Crippen molar-refractivity contribution in [3.63, 3.8) is 0 Å². The van der Waals surface area contributed by atoms with Crippen molar-refractivity contribution in [2.75, 3.05) is 11.1 Å². The highest BCUT2D eigenvalue weighted by Gasteiger charge is 2.13. The van der Waals surface area contributed by atoms with E-state index in [2.05, 4.69) is 42.2 Å². The van der Waals surface area contributed by atoms with Crippen molar-refractivity contribution in [2.24, 2.45) is 0 Å². The number of rotatable bonds is 2. The lowest BCUT2D eigenvalue weighted by atomic mass is 10.4. The number of thiophene rings is 1. The minimum atomic E-state index is -0.204. The third-order valence-corrected chi connectivity index (χ3v) is 4.36. The molecule has 0 atom stereocenters. The van der Waals surface area contributed by atoms with Crippen LogP contribution in [-0.2, 0) is 0 Å². The maximum Gasteiger partial charge on any atom is 0.268 e. The predicted octanol–water partition coefficient (Wildman–Crippen LogP) is 3.50. The summed E-state index contributed by atoms with van der Waals surface area (Å²) in [5, 5.41) is 4.55. The molecule has 88 valence electrons. The second kappa shape index (κ2) is 5.16. The molecule has 17 heavy (non-hydrogen) atoms. The van der Waals surface area contributed by atoms with Gasteiger partial charge in [0, 0.05) is 4.47 Å². The van der Waals surface area contributed by atoms with Crippen molar-refractivity contribution in [1.29, 1.82) is 0 Å². The van der Waals surface area contributed by atoms with E-state index in [0.29, 0.717) is 20.9 Å². The van der Waals surface area contributed by atoms with E-state index >= 15 is 0 Å². The Balaban J connectivity index is 2.22. The SMILES string of the molecule is Nc1cnc(NC(=O)c2sccc2Br)c(Br)c1. The van der Waals surface area contributed by atoms with Gasteiger partial charge in [0.2, 0.25) is 0 Å². The van der Waals surface area contributed by atoms with Gasteiger partial charge in [-0.05, 0) is 49.4 Å². The smallest absolute Gasteiger partial charge is 0.268 e. The van der Waals surface area contributed by atoms with Gasteiger partial charge in [-0.2, -0.15) is 0 Å². The molecule has 0 saturated heterocycles. The zero-order valence-corrected chi connectivity index (χ0v) is 12.4. The molecule has 1 amide bonds. The summed E-state index contributed by atoms with van der Waals surface area (Å²) in [7, 11) is 0. The fraction of sp³-hybridized carbons (Fsp3) is 0. The van der Waals surface area contributed by atoms with Crippen LogP contribution in [0.1, 0.15) is 9.67 Å². The van der Waals surface area contributed by atoms with Gasteiger partial charge in [-0.15, -0.1) is 11.3 Å². The van der Waals surface area contributed by atoms with Gasteiger partial charge in [-0.25, -0.2) is 4.98 Å². The van der Waals surface area contributed by atoms with Gasteiger partial charge in [0.15, 0.2) is 0 Å². The molecule has 2 rings (SSSR count). The summed E-state index contributed by atoms with van der Waals surface area (Å²) >= 11 is 7.96. The first-order valence-corrected chi connectivity index (χ1v) is 7.00. The average Bonchev–Trinajstić information content (AvgIpc) is 2.68. The van der Waals surface area contributed by atoms with Crippen LogP contribution >= 0.6 is 43.2 Å². The molecule has 0 fully saturated rings. The standard InChI is InChI=1S/C10H7Br2N3OS/c11-6-1-2-17-8(6)10(16)15-9-7(12)3-5(13)4-14-9/h1-4H,13H2,(H,14,15,16). The van der Waals surface area contributed by atoms with Crippen molar-refractivity contribution in [2.45, 2.75) is 0 Å². The molecule has 4 nitrogen and oxygen atoms in total. The van der Waals surface area contributed by atoms with Crippen LogP contribution in [0.2, 0.25) is 0 Å². The number of aromatic nitrogens is 1. The Morgan fingerprint density at radius 3 is 2.76 bits per heavy atom. The summed E-state index contributed by atoms with van der Waals surface area (Å²) in [4.78, 5) is 16.6. The first kappa shape index (κ1) is 12.5. The Labute approximate surface area is 118 Å². The molecule has 0 aliphatic rings. The van der Waals surface area contributed by atoms with Gasteiger partial charge in [0.05, 0.1) is 16.4 Å². The molecule has 0 saturated carbocycles. The molecule has 0 unspecified atom stereocenters. The number of amides is 1. The molecule has 2 aromatic heterocycles. The van der Waals surface area contributed by atoms with Crippen LogP contribution in [0, 0.1) is 0 Å². The largest absolute Gasteiger partial charge is 0.397 e. The van der Waals surface area contributed by atoms with E-state index in [9.17, 15) is 4.79 Å². The predicted molar refractivity (Wildman–Crippen MR) is 76.3 cm³/mol. The first-order valence-electron chi connectivity index (χ1n) is 4.53. The Morgan fingerprint density at radius 2 is 2.18 bits per heavy atom.